The van der Waals surface area contributed by atoms with Crippen LogP contribution in [-0.4, -0.2) is 44.3 Å². The lowest BCUT2D eigenvalue weighted by molar-refractivity contribution is -0.140. The molecule has 0 saturated carbocycles. The highest BCUT2D eigenvalue weighted by atomic mass is 35.5. The van der Waals surface area contributed by atoms with Crippen molar-refractivity contribution < 1.29 is 22.4 Å². The van der Waals surface area contributed by atoms with Crippen LogP contribution in [0.15, 0.2) is 71.6 Å². The van der Waals surface area contributed by atoms with Crippen LogP contribution in [0.4, 0.5) is 10.1 Å². The molecule has 214 valence electrons. The highest BCUT2D eigenvalue weighted by Gasteiger charge is 2.34. The SMILES string of the molecule is CCCNC(=O)C(CC)N(Cc1c(Cl)cccc1Cl)C(=O)CN(c1ccc(F)cc1)S(=O)(=O)c1ccc(C)cc1. The van der Waals surface area contributed by atoms with E-state index in [9.17, 15) is 22.4 Å². The van der Waals surface area contributed by atoms with Gasteiger partial charge in [-0.25, -0.2) is 12.8 Å². The van der Waals surface area contributed by atoms with Crippen molar-refractivity contribution >= 4 is 50.7 Å². The molecule has 40 heavy (non-hydrogen) atoms. The number of anilines is 1. The summed E-state index contributed by atoms with van der Waals surface area (Å²) in [6.07, 6.45) is 0.949. The van der Waals surface area contributed by atoms with Crippen LogP contribution in [0.25, 0.3) is 0 Å². The molecule has 2 amide bonds. The monoisotopic (exact) mass is 607 g/mol. The predicted octanol–water partition coefficient (Wildman–Crippen LogP) is 5.97. The maximum atomic E-state index is 14.0. The van der Waals surface area contributed by atoms with Crippen LogP contribution in [0.5, 0.6) is 0 Å². The molecule has 0 saturated heterocycles. The molecule has 3 rings (SSSR count). The second kappa shape index (κ2) is 14.0. The molecule has 3 aromatic carbocycles. The Hall–Kier alpha value is -3.14. The first kappa shape index (κ1) is 31.4. The Morgan fingerprint density at radius 2 is 1.55 bits per heavy atom. The summed E-state index contributed by atoms with van der Waals surface area (Å²) in [4.78, 5) is 28.4. The molecule has 1 N–H and O–H groups in total. The van der Waals surface area contributed by atoms with Gasteiger partial charge in [0, 0.05) is 28.7 Å². The number of halogens is 3. The number of carbonyl (C=O) groups is 2. The van der Waals surface area contributed by atoms with E-state index in [1.54, 1.807) is 37.3 Å². The molecule has 0 spiro atoms. The van der Waals surface area contributed by atoms with Crippen LogP contribution in [-0.2, 0) is 26.2 Å². The average molecular weight is 609 g/mol. The van der Waals surface area contributed by atoms with Crippen LogP contribution in [0, 0.1) is 12.7 Å². The summed E-state index contributed by atoms with van der Waals surface area (Å²) in [5, 5.41) is 3.42. The van der Waals surface area contributed by atoms with Gasteiger partial charge >= 0.3 is 0 Å². The van der Waals surface area contributed by atoms with E-state index in [1.807, 2.05) is 13.8 Å². The average Bonchev–Trinajstić information content (AvgIpc) is 2.92. The molecule has 0 aromatic heterocycles. The van der Waals surface area contributed by atoms with Crippen molar-refractivity contribution in [1.82, 2.24) is 10.2 Å². The van der Waals surface area contributed by atoms with E-state index in [-0.39, 0.29) is 29.5 Å². The first-order chi connectivity index (χ1) is 19.0. The summed E-state index contributed by atoms with van der Waals surface area (Å²) in [6, 6.07) is 15.0. The van der Waals surface area contributed by atoms with Gasteiger partial charge in [0.25, 0.3) is 10.0 Å². The third kappa shape index (κ3) is 7.53. The lowest BCUT2D eigenvalue weighted by Crippen LogP contribution is -2.52. The van der Waals surface area contributed by atoms with Crippen molar-refractivity contribution in [2.75, 3.05) is 17.4 Å². The van der Waals surface area contributed by atoms with E-state index in [4.69, 9.17) is 23.2 Å². The van der Waals surface area contributed by atoms with E-state index in [0.717, 1.165) is 22.0 Å². The topological polar surface area (TPSA) is 86.8 Å². The van der Waals surface area contributed by atoms with Crippen molar-refractivity contribution in [2.45, 2.75) is 51.1 Å². The molecule has 3 aromatic rings. The maximum Gasteiger partial charge on any atom is 0.264 e. The van der Waals surface area contributed by atoms with E-state index < -0.39 is 34.3 Å². The second-order valence-corrected chi connectivity index (χ2v) is 11.9. The Balaban J connectivity index is 2.08. The quantitative estimate of drug-likeness (QED) is 0.275. The number of hydrogen-bond acceptors (Lipinski definition) is 4. The molecule has 0 radical (unpaired) electrons. The molecular formula is C29H32Cl2FN3O4S. The van der Waals surface area contributed by atoms with Gasteiger partial charge in [0.05, 0.1) is 10.6 Å². The molecule has 1 unspecified atom stereocenters. The molecule has 1 atom stereocenters. The van der Waals surface area contributed by atoms with Crippen LogP contribution >= 0.6 is 23.2 Å². The number of nitrogens with one attached hydrogen (secondary N) is 1. The summed E-state index contributed by atoms with van der Waals surface area (Å²) in [5.41, 5.74) is 1.38. The zero-order chi connectivity index (χ0) is 29.4. The number of hydrogen-bond donors (Lipinski definition) is 1. The summed E-state index contributed by atoms with van der Waals surface area (Å²) < 4.78 is 42.3. The van der Waals surface area contributed by atoms with Gasteiger partial charge < -0.3 is 10.2 Å². The fourth-order valence-electron chi connectivity index (χ4n) is 4.11. The molecule has 0 aliphatic rings. The Labute approximate surface area is 244 Å². The Morgan fingerprint density at radius 3 is 2.10 bits per heavy atom. The Morgan fingerprint density at radius 1 is 0.950 bits per heavy atom. The van der Waals surface area contributed by atoms with E-state index in [2.05, 4.69) is 5.32 Å². The van der Waals surface area contributed by atoms with Crippen LogP contribution in [0.1, 0.15) is 37.8 Å². The molecule has 11 heteroatoms. The Bertz CT molecular complexity index is 1410. The molecule has 0 heterocycles. The lowest BCUT2D eigenvalue weighted by atomic mass is 10.1. The number of carbonyl (C=O) groups excluding carboxylic acids is 2. The van der Waals surface area contributed by atoms with Crippen molar-refractivity contribution in [1.29, 1.82) is 0 Å². The second-order valence-electron chi connectivity index (χ2n) is 9.24. The van der Waals surface area contributed by atoms with Crippen molar-refractivity contribution in [3.63, 3.8) is 0 Å². The van der Waals surface area contributed by atoms with Gasteiger partial charge in [0.1, 0.15) is 18.4 Å². The molecule has 7 nitrogen and oxygen atoms in total. The molecule has 0 aliphatic carbocycles. The number of sulfonamides is 1. The zero-order valence-electron chi connectivity index (χ0n) is 22.5. The molecule has 0 fully saturated rings. The van der Waals surface area contributed by atoms with Gasteiger partial charge in [-0.3, -0.25) is 13.9 Å². The standard InChI is InChI=1S/C29H32Cl2FN3O4S/c1-4-17-33-29(37)27(5-2)34(18-24-25(30)7-6-8-26(24)31)28(36)19-35(22-13-11-21(32)12-14-22)40(38,39)23-15-9-20(3)10-16-23/h6-16,27H,4-5,17-19H2,1-3H3,(H,33,37). The summed E-state index contributed by atoms with van der Waals surface area (Å²) >= 11 is 12.8. The normalized spacial score (nSPS) is 12.1. The predicted molar refractivity (Wildman–Crippen MR) is 157 cm³/mol. The summed E-state index contributed by atoms with van der Waals surface area (Å²) in [5.74, 6) is -1.60. The van der Waals surface area contributed by atoms with Crippen molar-refractivity contribution in [3.05, 3.63) is 93.7 Å². The first-order valence-corrected chi connectivity index (χ1v) is 15.0. The largest absolute Gasteiger partial charge is 0.354 e. The number of rotatable bonds is 12. The smallest absolute Gasteiger partial charge is 0.264 e. The molecular weight excluding hydrogens is 576 g/mol. The van der Waals surface area contributed by atoms with E-state index >= 15 is 0 Å². The number of amides is 2. The lowest BCUT2D eigenvalue weighted by Gasteiger charge is -2.33. The van der Waals surface area contributed by atoms with Gasteiger partial charge in [0.2, 0.25) is 11.8 Å². The van der Waals surface area contributed by atoms with Crippen LogP contribution < -0.4 is 9.62 Å². The fraction of sp³-hybridized carbons (Fsp3) is 0.310. The van der Waals surface area contributed by atoms with Gasteiger partial charge in [-0.1, -0.05) is 60.8 Å². The number of aryl methyl sites for hydroxylation is 1. The van der Waals surface area contributed by atoms with Gasteiger partial charge in [-0.05, 0) is 68.3 Å². The van der Waals surface area contributed by atoms with Crippen LogP contribution in [0.3, 0.4) is 0 Å². The van der Waals surface area contributed by atoms with Gasteiger partial charge in [0.15, 0.2) is 0 Å². The molecule has 0 aliphatic heterocycles. The van der Waals surface area contributed by atoms with Crippen LogP contribution in [0.2, 0.25) is 10.0 Å². The third-order valence-electron chi connectivity index (χ3n) is 6.33. The molecule has 0 bridgehead atoms. The van der Waals surface area contributed by atoms with Gasteiger partial charge in [-0.2, -0.15) is 0 Å². The van der Waals surface area contributed by atoms with Crippen molar-refractivity contribution in [2.24, 2.45) is 0 Å². The number of nitrogens with zero attached hydrogens (tertiary/aromatic N) is 2. The highest BCUT2D eigenvalue weighted by molar-refractivity contribution is 7.92. The van der Waals surface area contributed by atoms with E-state index in [0.29, 0.717) is 28.6 Å². The maximum absolute atomic E-state index is 14.0. The number of benzene rings is 3. The first-order valence-electron chi connectivity index (χ1n) is 12.8. The minimum absolute atomic E-state index is 0.0383. The third-order valence-corrected chi connectivity index (χ3v) is 8.82. The van der Waals surface area contributed by atoms with Crippen molar-refractivity contribution in [3.8, 4) is 0 Å². The zero-order valence-corrected chi connectivity index (χ0v) is 24.9. The van der Waals surface area contributed by atoms with Gasteiger partial charge in [-0.15, -0.1) is 0 Å². The van der Waals surface area contributed by atoms with E-state index in [1.165, 1.54) is 29.2 Å². The summed E-state index contributed by atoms with van der Waals surface area (Å²) in [6.45, 7) is 5.12. The minimum atomic E-state index is -4.26. The summed E-state index contributed by atoms with van der Waals surface area (Å²) in [7, 11) is -4.26. The highest BCUT2D eigenvalue weighted by Crippen LogP contribution is 2.29. The fourth-order valence-corrected chi connectivity index (χ4v) is 6.04. The Kier molecular flexibility index (Phi) is 11.0. The minimum Gasteiger partial charge on any atom is -0.354 e.